The molecule has 0 heterocycles. The predicted octanol–water partition coefficient (Wildman–Crippen LogP) is 3.15. The number of unbranched alkanes of at least 4 members (excludes halogenated alkanes) is 1. The maximum absolute atomic E-state index is 5.46. The molecular weight excluding hydrogens is 168 g/mol. The highest BCUT2D eigenvalue weighted by atomic mass is 32.1. The number of hydrogen-bond acceptors (Lipinski definition) is 2. The van der Waals surface area contributed by atoms with Crippen LogP contribution >= 0.6 is 12.6 Å². The molecule has 0 saturated carbocycles. The molecule has 1 nitrogen and oxygen atoms in total. The minimum absolute atomic E-state index is 0.768. The Morgan fingerprint density at radius 3 is 2.58 bits per heavy atom. The summed E-state index contributed by atoms with van der Waals surface area (Å²) in [4.78, 5) is 0. The van der Waals surface area contributed by atoms with Gasteiger partial charge in [-0.15, -0.1) is 0 Å². The van der Waals surface area contributed by atoms with Crippen molar-refractivity contribution in [2.45, 2.75) is 39.5 Å². The van der Waals surface area contributed by atoms with Crippen LogP contribution in [-0.4, -0.2) is 19.0 Å². The Bertz CT molecular complexity index is 85.9. The van der Waals surface area contributed by atoms with E-state index in [9.17, 15) is 0 Å². The second kappa shape index (κ2) is 9.40. The average Bonchev–Trinajstić information content (AvgIpc) is 2.11. The molecule has 0 saturated heterocycles. The highest BCUT2D eigenvalue weighted by Gasteiger charge is 2.04. The van der Waals surface area contributed by atoms with Gasteiger partial charge in [0.15, 0.2) is 0 Å². The monoisotopic (exact) mass is 190 g/mol. The van der Waals surface area contributed by atoms with Gasteiger partial charge in [-0.05, 0) is 12.3 Å². The van der Waals surface area contributed by atoms with Crippen LogP contribution in [0, 0.1) is 5.92 Å². The van der Waals surface area contributed by atoms with Crippen LogP contribution in [0.1, 0.15) is 39.5 Å². The Morgan fingerprint density at radius 1 is 1.33 bits per heavy atom. The standard InChI is InChI=1S/C10H22OS/c1-3-5-6-10(4-2)9-11-7-8-12/h10,12H,3-9H2,1-2H3. The molecule has 0 aromatic heterocycles. The lowest BCUT2D eigenvalue weighted by molar-refractivity contribution is 0.107. The van der Waals surface area contributed by atoms with Crippen LogP contribution in [0.2, 0.25) is 0 Å². The van der Waals surface area contributed by atoms with E-state index in [0.29, 0.717) is 0 Å². The summed E-state index contributed by atoms with van der Waals surface area (Å²) in [5.41, 5.74) is 0. The Morgan fingerprint density at radius 2 is 2.08 bits per heavy atom. The van der Waals surface area contributed by atoms with Gasteiger partial charge in [-0.3, -0.25) is 0 Å². The molecule has 0 aliphatic heterocycles. The van der Waals surface area contributed by atoms with Gasteiger partial charge in [-0.2, -0.15) is 12.6 Å². The van der Waals surface area contributed by atoms with Crippen LogP contribution in [0.15, 0.2) is 0 Å². The SMILES string of the molecule is CCCCC(CC)COCCS. The lowest BCUT2D eigenvalue weighted by Crippen LogP contribution is -2.10. The van der Waals surface area contributed by atoms with Gasteiger partial charge in [-0.1, -0.05) is 33.1 Å². The maximum atomic E-state index is 5.46. The second-order valence-corrected chi connectivity index (χ2v) is 3.66. The Balaban J connectivity index is 3.26. The largest absolute Gasteiger partial charge is 0.380 e. The summed E-state index contributed by atoms with van der Waals surface area (Å²) in [7, 11) is 0. The van der Waals surface area contributed by atoms with Crippen molar-refractivity contribution >= 4 is 12.6 Å². The summed E-state index contributed by atoms with van der Waals surface area (Å²) in [5.74, 6) is 1.61. The number of rotatable bonds is 8. The first kappa shape index (κ1) is 12.3. The Kier molecular flexibility index (Phi) is 9.64. The van der Waals surface area contributed by atoms with Crippen LogP contribution in [0.5, 0.6) is 0 Å². The smallest absolute Gasteiger partial charge is 0.0554 e. The van der Waals surface area contributed by atoms with E-state index >= 15 is 0 Å². The van der Waals surface area contributed by atoms with Gasteiger partial charge in [0.2, 0.25) is 0 Å². The van der Waals surface area contributed by atoms with Crippen molar-refractivity contribution in [1.82, 2.24) is 0 Å². The second-order valence-electron chi connectivity index (χ2n) is 3.22. The molecule has 74 valence electrons. The minimum atomic E-state index is 0.768. The topological polar surface area (TPSA) is 9.23 Å². The lowest BCUT2D eigenvalue weighted by Gasteiger charge is -2.13. The van der Waals surface area contributed by atoms with Gasteiger partial charge >= 0.3 is 0 Å². The minimum Gasteiger partial charge on any atom is -0.380 e. The molecule has 0 bridgehead atoms. The number of ether oxygens (including phenoxy) is 1. The predicted molar refractivity (Wildman–Crippen MR) is 58.0 cm³/mol. The third-order valence-corrected chi connectivity index (χ3v) is 2.32. The molecule has 12 heavy (non-hydrogen) atoms. The summed E-state index contributed by atoms with van der Waals surface area (Å²) in [6, 6.07) is 0. The summed E-state index contributed by atoms with van der Waals surface area (Å²) in [6.45, 7) is 6.20. The van der Waals surface area contributed by atoms with E-state index in [1.807, 2.05) is 0 Å². The molecule has 0 aliphatic carbocycles. The summed E-state index contributed by atoms with van der Waals surface area (Å²) in [5, 5.41) is 0. The molecule has 0 aromatic rings. The Hall–Kier alpha value is 0.310. The van der Waals surface area contributed by atoms with E-state index in [1.165, 1.54) is 25.7 Å². The van der Waals surface area contributed by atoms with Crippen molar-refractivity contribution in [1.29, 1.82) is 0 Å². The quantitative estimate of drug-likeness (QED) is 0.457. The third-order valence-electron chi connectivity index (χ3n) is 2.13. The average molecular weight is 190 g/mol. The molecule has 2 heteroatoms. The zero-order chi connectivity index (χ0) is 9.23. The molecule has 0 fully saturated rings. The van der Waals surface area contributed by atoms with E-state index in [4.69, 9.17) is 4.74 Å². The molecule has 0 rings (SSSR count). The van der Waals surface area contributed by atoms with Crippen LogP contribution in [0.4, 0.5) is 0 Å². The molecule has 0 aliphatic rings. The fourth-order valence-corrected chi connectivity index (χ4v) is 1.34. The highest BCUT2D eigenvalue weighted by Crippen LogP contribution is 2.12. The van der Waals surface area contributed by atoms with Gasteiger partial charge in [-0.25, -0.2) is 0 Å². The van der Waals surface area contributed by atoms with Crippen LogP contribution in [0.3, 0.4) is 0 Å². The third kappa shape index (κ3) is 6.99. The van der Waals surface area contributed by atoms with Crippen LogP contribution in [0.25, 0.3) is 0 Å². The van der Waals surface area contributed by atoms with Crippen LogP contribution in [-0.2, 0) is 4.74 Å². The molecule has 0 spiro atoms. The number of hydrogen-bond donors (Lipinski definition) is 1. The molecule has 0 aromatic carbocycles. The highest BCUT2D eigenvalue weighted by molar-refractivity contribution is 7.80. The van der Waals surface area contributed by atoms with Crippen molar-refractivity contribution in [3.63, 3.8) is 0 Å². The van der Waals surface area contributed by atoms with Gasteiger partial charge in [0, 0.05) is 12.4 Å². The van der Waals surface area contributed by atoms with E-state index in [-0.39, 0.29) is 0 Å². The summed E-state index contributed by atoms with van der Waals surface area (Å²) >= 11 is 4.10. The molecule has 1 unspecified atom stereocenters. The van der Waals surface area contributed by atoms with Gasteiger partial charge in [0.05, 0.1) is 6.61 Å². The van der Waals surface area contributed by atoms with E-state index in [1.54, 1.807) is 0 Å². The first-order valence-corrected chi connectivity index (χ1v) is 5.66. The van der Waals surface area contributed by atoms with E-state index in [2.05, 4.69) is 26.5 Å². The van der Waals surface area contributed by atoms with E-state index < -0.39 is 0 Å². The molecule has 0 amide bonds. The fraction of sp³-hybridized carbons (Fsp3) is 1.00. The summed E-state index contributed by atoms with van der Waals surface area (Å²) in [6.07, 6.45) is 5.19. The zero-order valence-corrected chi connectivity index (χ0v) is 9.28. The van der Waals surface area contributed by atoms with Crippen molar-refractivity contribution in [3.05, 3.63) is 0 Å². The van der Waals surface area contributed by atoms with Crippen molar-refractivity contribution < 1.29 is 4.74 Å². The van der Waals surface area contributed by atoms with Gasteiger partial charge in [0.1, 0.15) is 0 Å². The number of thiol groups is 1. The van der Waals surface area contributed by atoms with Gasteiger partial charge in [0.25, 0.3) is 0 Å². The zero-order valence-electron chi connectivity index (χ0n) is 8.38. The van der Waals surface area contributed by atoms with E-state index in [0.717, 1.165) is 24.9 Å². The molecule has 0 N–H and O–H groups in total. The summed E-state index contributed by atoms with van der Waals surface area (Å²) < 4.78 is 5.46. The van der Waals surface area contributed by atoms with Crippen LogP contribution < -0.4 is 0 Å². The van der Waals surface area contributed by atoms with Gasteiger partial charge < -0.3 is 4.74 Å². The van der Waals surface area contributed by atoms with Crippen molar-refractivity contribution in [2.24, 2.45) is 5.92 Å². The molecule has 1 atom stereocenters. The first-order valence-electron chi connectivity index (χ1n) is 5.03. The maximum Gasteiger partial charge on any atom is 0.0554 e. The molecule has 0 radical (unpaired) electrons. The van der Waals surface area contributed by atoms with Crippen molar-refractivity contribution in [2.75, 3.05) is 19.0 Å². The normalized spacial score (nSPS) is 13.2. The van der Waals surface area contributed by atoms with Crippen molar-refractivity contribution in [3.8, 4) is 0 Å². The molecular formula is C10H22OS. The fourth-order valence-electron chi connectivity index (χ4n) is 1.21. The lowest BCUT2D eigenvalue weighted by atomic mass is 10.0. The first-order chi connectivity index (χ1) is 5.85. The Labute approximate surface area is 82.3 Å².